The van der Waals surface area contributed by atoms with Crippen LogP contribution in [-0.4, -0.2) is 61.5 Å². The third-order valence-corrected chi connectivity index (χ3v) is 4.47. The number of amides is 1. The Bertz CT molecular complexity index is 551. The average molecular weight is 321 g/mol. The Morgan fingerprint density at radius 3 is 2.35 bits per heavy atom. The van der Waals surface area contributed by atoms with Crippen LogP contribution in [0.25, 0.3) is 0 Å². The number of anilines is 1. The molecule has 0 saturated carbocycles. The summed E-state index contributed by atoms with van der Waals surface area (Å²) in [7, 11) is 1.85. The molecule has 0 aromatic heterocycles. The van der Waals surface area contributed by atoms with Gasteiger partial charge in [-0.25, -0.2) is 0 Å². The van der Waals surface area contributed by atoms with Gasteiger partial charge in [-0.3, -0.25) is 14.9 Å². The lowest BCUT2D eigenvalue weighted by Gasteiger charge is -2.34. The van der Waals surface area contributed by atoms with Gasteiger partial charge in [0.1, 0.15) is 0 Å². The number of carbonyl (C=O) groups excluding carboxylic acids is 1. The van der Waals surface area contributed by atoms with Gasteiger partial charge in [0, 0.05) is 30.9 Å². The van der Waals surface area contributed by atoms with Gasteiger partial charge in [0.05, 0.1) is 31.1 Å². The van der Waals surface area contributed by atoms with Crippen molar-refractivity contribution < 1.29 is 14.6 Å². The Labute approximate surface area is 136 Å². The van der Waals surface area contributed by atoms with E-state index in [4.69, 9.17) is 0 Å². The molecule has 1 aliphatic heterocycles. The third kappa shape index (κ3) is 4.41. The molecule has 0 aliphatic carbocycles. The standard InChI is InChI=1S/C16H24N4O3/c1-13(2)17(3)16(21)12-18-8-10-19(11-9-18)14-4-6-15(7-5-14)20(22)23/h4-7,13H,8-12H2,1-3H3/p+1. The lowest BCUT2D eigenvalue weighted by Crippen LogP contribution is -3.15. The molecule has 0 radical (unpaired) electrons. The fourth-order valence-electron chi connectivity index (χ4n) is 2.67. The smallest absolute Gasteiger partial charge is 0.277 e. The predicted octanol–water partition coefficient (Wildman–Crippen LogP) is 0.167. The van der Waals surface area contributed by atoms with Crippen LogP contribution in [0.2, 0.25) is 0 Å². The van der Waals surface area contributed by atoms with Crippen molar-refractivity contribution in [2.75, 3.05) is 44.7 Å². The number of nitro groups is 1. The minimum Gasteiger partial charge on any atom is -0.360 e. The molecule has 23 heavy (non-hydrogen) atoms. The monoisotopic (exact) mass is 321 g/mol. The molecule has 126 valence electrons. The van der Waals surface area contributed by atoms with E-state index in [0.29, 0.717) is 6.54 Å². The van der Waals surface area contributed by atoms with Crippen molar-refractivity contribution in [3.63, 3.8) is 0 Å². The second kappa shape index (κ2) is 7.41. The minimum atomic E-state index is -0.386. The number of nitro benzene ring substituents is 1. The van der Waals surface area contributed by atoms with E-state index < -0.39 is 0 Å². The fraction of sp³-hybridized carbons (Fsp3) is 0.562. The van der Waals surface area contributed by atoms with Gasteiger partial charge >= 0.3 is 0 Å². The quantitative estimate of drug-likeness (QED) is 0.620. The van der Waals surface area contributed by atoms with Crippen molar-refractivity contribution in [2.45, 2.75) is 19.9 Å². The molecular weight excluding hydrogens is 296 g/mol. The van der Waals surface area contributed by atoms with Gasteiger partial charge in [0.2, 0.25) is 0 Å². The molecule has 0 bridgehead atoms. The molecule has 1 aliphatic rings. The SMILES string of the molecule is CC(C)N(C)C(=O)C[NH+]1CCN(c2ccc([N+](=O)[O-])cc2)CC1. The van der Waals surface area contributed by atoms with Gasteiger partial charge in [0.25, 0.3) is 11.6 Å². The molecule has 1 aromatic carbocycles. The van der Waals surface area contributed by atoms with Crippen LogP contribution >= 0.6 is 0 Å². The van der Waals surface area contributed by atoms with Crippen molar-refractivity contribution in [2.24, 2.45) is 0 Å². The molecule has 2 rings (SSSR count). The molecule has 0 atom stereocenters. The zero-order valence-corrected chi connectivity index (χ0v) is 14.0. The normalized spacial score (nSPS) is 15.7. The topological polar surface area (TPSA) is 71.1 Å². The zero-order valence-electron chi connectivity index (χ0n) is 14.0. The zero-order chi connectivity index (χ0) is 17.0. The molecular formula is C16H25N4O3+. The van der Waals surface area contributed by atoms with Gasteiger partial charge in [-0.05, 0) is 26.0 Å². The van der Waals surface area contributed by atoms with Crippen LogP contribution in [0.1, 0.15) is 13.8 Å². The Morgan fingerprint density at radius 1 is 1.30 bits per heavy atom. The van der Waals surface area contributed by atoms with Crippen LogP contribution in [0.4, 0.5) is 11.4 Å². The second-order valence-corrected chi connectivity index (χ2v) is 6.29. The largest absolute Gasteiger partial charge is 0.360 e. The summed E-state index contributed by atoms with van der Waals surface area (Å²) in [5.41, 5.74) is 1.11. The minimum absolute atomic E-state index is 0.111. The van der Waals surface area contributed by atoms with Crippen molar-refractivity contribution in [1.82, 2.24) is 4.90 Å². The summed E-state index contributed by atoms with van der Waals surface area (Å²) in [5, 5.41) is 10.7. The first kappa shape index (κ1) is 17.2. The summed E-state index contributed by atoms with van der Waals surface area (Å²) in [6.45, 7) is 8.06. The molecule has 1 fully saturated rings. The maximum atomic E-state index is 12.1. The summed E-state index contributed by atoms with van der Waals surface area (Å²) in [6.07, 6.45) is 0. The van der Waals surface area contributed by atoms with Gasteiger partial charge < -0.3 is 14.7 Å². The van der Waals surface area contributed by atoms with E-state index in [2.05, 4.69) is 4.90 Å². The highest BCUT2D eigenvalue weighted by Crippen LogP contribution is 2.19. The molecule has 1 aromatic rings. The summed E-state index contributed by atoms with van der Waals surface area (Å²) in [4.78, 5) is 27.7. The number of rotatable bonds is 5. The number of hydrogen-bond acceptors (Lipinski definition) is 4. The maximum absolute atomic E-state index is 12.1. The van der Waals surface area contributed by atoms with Crippen molar-refractivity contribution in [1.29, 1.82) is 0 Å². The van der Waals surface area contributed by atoms with Gasteiger partial charge in [-0.15, -0.1) is 0 Å². The van der Waals surface area contributed by atoms with Crippen LogP contribution in [0, 0.1) is 10.1 Å². The Balaban J connectivity index is 1.86. The van der Waals surface area contributed by atoms with Crippen LogP contribution in [0.5, 0.6) is 0 Å². The third-order valence-electron chi connectivity index (χ3n) is 4.47. The van der Waals surface area contributed by atoms with Crippen molar-refractivity contribution >= 4 is 17.3 Å². The number of carbonyl (C=O) groups is 1. The first-order valence-corrected chi connectivity index (χ1v) is 7.97. The van der Waals surface area contributed by atoms with E-state index in [-0.39, 0.29) is 22.6 Å². The van der Waals surface area contributed by atoms with E-state index in [1.54, 1.807) is 17.0 Å². The number of hydrogen-bond donors (Lipinski definition) is 1. The number of non-ortho nitro benzene ring substituents is 1. The number of benzene rings is 1. The number of nitrogens with zero attached hydrogens (tertiary/aromatic N) is 3. The number of nitrogens with one attached hydrogen (secondary N) is 1. The van der Waals surface area contributed by atoms with Crippen molar-refractivity contribution in [3.8, 4) is 0 Å². The van der Waals surface area contributed by atoms with Crippen LogP contribution in [0.15, 0.2) is 24.3 Å². The Kier molecular flexibility index (Phi) is 5.54. The lowest BCUT2D eigenvalue weighted by atomic mass is 10.2. The van der Waals surface area contributed by atoms with Crippen LogP contribution in [0.3, 0.4) is 0 Å². The average Bonchev–Trinajstić information content (AvgIpc) is 2.54. The maximum Gasteiger partial charge on any atom is 0.277 e. The Hall–Kier alpha value is -2.15. The second-order valence-electron chi connectivity index (χ2n) is 6.29. The van der Waals surface area contributed by atoms with E-state index in [1.807, 2.05) is 20.9 Å². The van der Waals surface area contributed by atoms with Gasteiger partial charge in [0.15, 0.2) is 6.54 Å². The van der Waals surface area contributed by atoms with E-state index in [0.717, 1.165) is 31.9 Å². The summed E-state index contributed by atoms with van der Waals surface area (Å²) >= 11 is 0. The van der Waals surface area contributed by atoms with Crippen LogP contribution in [-0.2, 0) is 4.79 Å². The number of piperazine rings is 1. The molecule has 1 saturated heterocycles. The summed E-state index contributed by atoms with van der Waals surface area (Å²) < 4.78 is 0. The molecule has 7 nitrogen and oxygen atoms in total. The van der Waals surface area contributed by atoms with Gasteiger partial charge in [-0.2, -0.15) is 0 Å². The Morgan fingerprint density at radius 2 is 1.87 bits per heavy atom. The molecule has 7 heteroatoms. The van der Waals surface area contributed by atoms with Crippen LogP contribution < -0.4 is 9.80 Å². The number of quaternary nitrogens is 1. The van der Waals surface area contributed by atoms with Crippen molar-refractivity contribution in [3.05, 3.63) is 34.4 Å². The van der Waals surface area contributed by atoms with Gasteiger partial charge in [-0.1, -0.05) is 0 Å². The van der Waals surface area contributed by atoms with E-state index >= 15 is 0 Å². The molecule has 0 unspecified atom stereocenters. The summed E-state index contributed by atoms with van der Waals surface area (Å²) in [5.74, 6) is 0.179. The highest BCUT2D eigenvalue weighted by Gasteiger charge is 2.24. The highest BCUT2D eigenvalue weighted by molar-refractivity contribution is 5.77. The lowest BCUT2D eigenvalue weighted by molar-refractivity contribution is -0.892. The highest BCUT2D eigenvalue weighted by atomic mass is 16.6. The first-order chi connectivity index (χ1) is 10.9. The molecule has 0 spiro atoms. The molecule has 1 N–H and O–H groups in total. The number of likely N-dealkylation sites (N-methyl/N-ethyl adjacent to an activating group) is 1. The fourth-order valence-corrected chi connectivity index (χ4v) is 2.67. The first-order valence-electron chi connectivity index (χ1n) is 7.97. The van der Waals surface area contributed by atoms with E-state index in [1.165, 1.54) is 17.0 Å². The summed E-state index contributed by atoms with van der Waals surface area (Å²) in [6, 6.07) is 6.89. The molecule has 1 heterocycles. The molecule has 1 amide bonds. The van der Waals surface area contributed by atoms with E-state index in [9.17, 15) is 14.9 Å². The predicted molar refractivity (Wildman–Crippen MR) is 88.8 cm³/mol.